The molecule has 7 heteroatoms. The summed E-state index contributed by atoms with van der Waals surface area (Å²) in [4.78, 5) is 26.0. The number of amides is 1. The van der Waals surface area contributed by atoms with Crippen molar-refractivity contribution in [2.24, 2.45) is 0 Å². The molecule has 0 aliphatic heterocycles. The van der Waals surface area contributed by atoms with E-state index in [1.165, 1.54) is 12.1 Å². The van der Waals surface area contributed by atoms with Crippen LogP contribution in [0.1, 0.15) is 17.1 Å². The number of H-pyrrole nitrogens is 1. The minimum absolute atomic E-state index is 0.0590. The smallest absolute Gasteiger partial charge is 0.237 e. The fraction of sp³-hybridized carbons (Fsp3) is 0.474. The van der Waals surface area contributed by atoms with Crippen LogP contribution in [0.4, 0.5) is 4.39 Å². The number of nitrogens with zero attached hydrogens (tertiary/aromatic N) is 4. The summed E-state index contributed by atoms with van der Waals surface area (Å²) in [6.07, 6.45) is 1.77. The summed E-state index contributed by atoms with van der Waals surface area (Å²) < 4.78 is 13.0. The Balaban J connectivity index is 1.96. The van der Waals surface area contributed by atoms with E-state index in [2.05, 4.69) is 14.9 Å². The van der Waals surface area contributed by atoms with E-state index in [0.29, 0.717) is 26.2 Å². The van der Waals surface area contributed by atoms with Crippen molar-refractivity contribution in [1.82, 2.24) is 24.7 Å². The van der Waals surface area contributed by atoms with Crippen LogP contribution in [0.3, 0.4) is 0 Å². The summed E-state index contributed by atoms with van der Waals surface area (Å²) in [5.41, 5.74) is 1.90. The van der Waals surface area contributed by atoms with Crippen molar-refractivity contribution < 1.29 is 9.18 Å². The molecule has 142 valence electrons. The average molecular weight is 361 g/mol. The normalized spacial score (nSPS) is 11.3. The molecule has 0 radical (unpaired) electrons. The molecule has 2 aromatic rings. The number of carbonyl (C=O) groups is 1. The number of likely N-dealkylation sites (N-methyl/N-ethyl adjacent to an activating group) is 2. The summed E-state index contributed by atoms with van der Waals surface area (Å²) in [6, 6.07) is 6.37. The fourth-order valence-electron chi connectivity index (χ4n) is 2.66. The number of imidazole rings is 1. The van der Waals surface area contributed by atoms with Crippen LogP contribution in [-0.2, 0) is 17.9 Å². The topological polar surface area (TPSA) is 55.5 Å². The lowest BCUT2D eigenvalue weighted by Gasteiger charge is -2.26. The number of aromatic nitrogens is 2. The Labute approximate surface area is 154 Å². The third kappa shape index (κ3) is 6.57. The number of halogens is 1. The molecule has 0 bridgehead atoms. The second kappa shape index (κ2) is 9.45. The molecule has 2 rings (SSSR count). The molecule has 0 atom stereocenters. The molecule has 0 unspecified atom stereocenters. The first kappa shape index (κ1) is 20.1. The van der Waals surface area contributed by atoms with Crippen LogP contribution < -0.4 is 0 Å². The average Bonchev–Trinajstić information content (AvgIpc) is 2.98. The van der Waals surface area contributed by atoms with Crippen molar-refractivity contribution in [3.8, 4) is 0 Å². The second-order valence-corrected chi connectivity index (χ2v) is 6.91. The first-order chi connectivity index (χ1) is 12.3. The van der Waals surface area contributed by atoms with Crippen LogP contribution in [0.15, 0.2) is 30.5 Å². The minimum atomic E-state index is -0.253. The SMILES string of the molecule is Cc1ncc(CN(CCN(C)C)C(=O)CN(C)Cc2ccc(F)cc2)[nH]1. The van der Waals surface area contributed by atoms with Crippen molar-refractivity contribution in [3.05, 3.63) is 53.4 Å². The summed E-state index contributed by atoms with van der Waals surface area (Å²) in [5, 5.41) is 0. The second-order valence-electron chi connectivity index (χ2n) is 6.91. The molecule has 1 aromatic heterocycles. The van der Waals surface area contributed by atoms with Crippen molar-refractivity contribution in [2.45, 2.75) is 20.0 Å². The highest BCUT2D eigenvalue weighted by molar-refractivity contribution is 5.78. The molecule has 6 nitrogen and oxygen atoms in total. The number of nitrogens with one attached hydrogen (secondary N) is 1. The van der Waals surface area contributed by atoms with Crippen LogP contribution in [0.25, 0.3) is 0 Å². The third-order valence-electron chi connectivity index (χ3n) is 4.06. The van der Waals surface area contributed by atoms with Crippen molar-refractivity contribution in [1.29, 1.82) is 0 Å². The Hall–Kier alpha value is -2.25. The molecule has 0 fully saturated rings. The number of aromatic amines is 1. The highest BCUT2D eigenvalue weighted by Crippen LogP contribution is 2.08. The van der Waals surface area contributed by atoms with Gasteiger partial charge in [-0.05, 0) is 45.8 Å². The van der Waals surface area contributed by atoms with Gasteiger partial charge < -0.3 is 14.8 Å². The monoisotopic (exact) mass is 361 g/mol. The van der Waals surface area contributed by atoms with E-state index >= 15 is 0 Å². The molecule has 0 aliphatic carbocycles. The largest absolute Gasteiger partial charge is 0.345 e. The molecule has 1 heterocycles. The summed E-state index contributed by atoms with van der Waals surface area (Å²) in [6.45, 7) is 4.74. The summed E-state index contributed by atoms with van der Waals surface area (Å²) in [5.74, 6) is 0.648. The molecule has 0 saturated carbocycles. The lowest BCUT2D eigenvalue weighted by atomic mass is 10.2. The van der Waals surface area contributed by atoms with Gasteiger partial charge >= 0.3 is 0 Å². The Kier molecular flexibility index (Phi) is 7.29. The van der Waals surface area contributed by atoms with E-state index in [1.54, 1.807) is 18.3 Å². The van der Waals surface area contributed by atoms with Crippen molar-refractivity contribution in [3.63, 3.8) is 0 Å². The van der Waals surface area contributed by atoms with Crippen LogP contribution in [-0.4, -0.2) is 71.4 Å². The predicted molar refractivity (Wildman–Crippen MR) is 100 cm³/mol. The van der Waals surface area contributed by atoms with Gasteiger partial charge in [-0.2, -0.15) is 0 Å². The van der Waals surface area contributed by atoms with Gasteiger partial charge in [-0.3, -0.25) is 9.69 Å². The van der Waals surface area contributed by atoms with E-state index < -0.39 is 0 Å². The molecule has 26 heavy (non-hydrogen) atoms. The van der Waals surface area contributed by atoms with E-state index in [0.717, 1.165) is 23.6 Å². The number of aryl methyl sites for hydroxylation is 1. The first-order valence-electron chi connectivity index (χ1n) is 8.69. The van der Waals surface area contributed by atoms with E-state index in [1.807, 2.05) is 37.9 Å². The number of carbonyl (C=O) groups excluding carboxylic acids is 1. The molecule has 1 aromatic carbocycles. The Morgan fingerprint density at radius 1 is 1.12 bits per heavy atom. The van der Waals surface area contributed by atoms with Crippen molar-refractivity contribution in [2.75, 3.05) is 40.8 Å². The molecule has 1 amide bonds. The van der Waals surface area contributed by atoms with Gasteiger partial charge in [0.2, 0.25) is 5.91 Å². The van der Waals surface area contributed by atoms with E-state index in [-0.39, 0.29) is 11.7 Å². The Bertz CT molecular complexity index is 698. The zero-order chi connectivity index (χ0) is 19.1. The third-order valence-corrected chi connectivity index (χ3v) is 4.06. The Morgan fingerprint density at radius 3 is 2.38 bits per heavy atom. The zero-order valence-corrected chi connectivity index (χ0v) is 16.0. The fourth-order valence-corrected chi connectivity index (χ4v) is 2.66. The Morgan fingerprint density at radius 2 is 1.81 bits per heavy atom. The van der Waals surface area contributed by atoms with Crippen LogP contribution in [0.2, 0.25) is 0 Å². The van der Waals surface area contributed by atoms with Gasteiger partial charge in [0.25, 0.3) is 0 Å². The van der Waals surface area contributed by atoms with E-state index in [4.69, 9.17) is 0 Å². The maximum Gasteiger partial charge on any atom is 0.237 e. The zero-order valence-electron chi connectivity index (χ0n) is 16.0. The number of hydrogen-bond donors (Lipinski definition) is 1. The minimum Gasteiger partial charge on any atom is -0.345 e. The van der Waals surface area contributed by atoms with Gasteiger partial charge in [-0.25, -0.2) is 9.37 Å². The van der Waals surface area contributed by atoms with Crippen molar-refractivity contribution >= 4 is 5.91 Å². The maximum atomic E-state index is 13.0. The quantitative estimate of drug-likeness (QED) is 0.741. The molecular formula is C19H28FN5O. The maximum absolute atomic E-state index is 13.0. The summed E-state index contributed by atoms with van der Waals surface area (Å²) in [7, 11) is 5.87. The standard InChI is InChI=1S/C19H28FN5O/c1-15-21-11-18(22-15)13-25(10-9-23(2)3)19(26)14-24(4)12-16-5-7-17(20)8-6-16/h5-8,11H,9-10,12-14H2,1-4H3,(H,21,22). The number of hydrogen-bond acceptors (Lipinski definition) is 4. The molecular weight excluding hydrogens is 333 g/mol. The molecule has 0 spiro atoms. The van der Waals surface area contributed by atoms with Gasteiger partial charge in [-0.1, -0.05) is 12.1 Å². The lowest BCUT2D eigenvalue weighted by Crippen LogP contribution is -2.41. The van der Waals surface area contributed by atoms with Crippen LogP contribution >= 0.6 is 0 Å². The van der Waals surface area contributed by atoms with E-state index in [9.17, 15) is 9.18 Å². The highest BCUT2D eigenvalue weighted by Gasteiger charge is 2.17. The van der Waals surface area contributed by atoms with Gasteiger partial charge in [0.1, 0.15) is 11.6 Å². The number of benzene rings is 1. The summed E-state index contributed by atoms with van der Waals surface area (Å²) >= 11 is 0. The van der Waals surface area contributed by atoms with Gasteiger partial charge in [0.15, 0.2) is 0 Å². The lowest BCUT2D eigenvalue weighted by molar-refractivity contribution is -0.133. The van der Waals surface area contributed by atoms with Crippen LogP contribution in [0.5, 0.6) is 0 Å². The molecule has 0 saturated heterocycles. The van der Waals surface area contributed by atoms with Gasteiger partial charge in [0.05, 0.1) is 25.0 Å². The van der Waals surface area contributed by atoms with Gasteiger partial charge in [0, 0.05) is 19.6 Å². The molecule has 1 N–H and O–H groups in total. The first-order valence-corrected chi connectivity index (χ1v) is 8.69. The highest BCUT2D eigenvalue weighted by atomic mass is 19.1. The van der Waals surface area contributed by atoms with Crippen LogP contribution in [0, 0.1) is 12.7 Å². The predicted octanol–water partition coefficient (Wildman–Crippen LogP) is 1.88. The number of rotatable bonds is 9. The molecule has 0 aliphatic rings. The van der Waals surface area contributed by atoms with Gasteiger partial charge in [-0.15, -0.1) is 0 Å².